The fourth-order valence-corrected chi connectivity index (χ4v) is 2.38. The molecule has 0 spiro atoms. The van der Waals surface area contributed by atoms with E-state index in [1.807, 2.05) is 0 Å². The smallest absolute Gasteiger partial charge is 0.0489 e. The van der Waals surface area contributed by atoms with Crippen molar-refractivity contribution in [2.75, 3.05) is 18.5 Å². The van der Waals surface area contributed by atoms with Gasteiger partial charge in [0.2, 0.25) is 0 Å². The van der Waals surface area contributed by atoms with E-state index in [2.05, 4.69) is 46.4 Å². The Labute approximate surface area is 106 Å². The van der Waals surface area contributed by atoms with Gasteiger partial charge in [-0.2, -0.15) is 0 Å². The van der Waals surface area contributed by atoms with Crippen LogP contribution in [0, 0.1) is 6.92 Å². The third-order valence-corrected chi connectivity index (χ3v) is 3.62. The third kappa shape index (κ3) is 3.22. The van der Waals surface area contributed by atoms with E-state index in [0.717, 1.165) is 30.5 Å². The van der Waals surface area contributed by atoms with Crippen LogP contribution in [0.15, 0.2) is 22.7 Å². The van der Waals surface area contributed by atoms with Crippen molar-refractivity contribution in [3.05, 3.63) is 28.2 Å². The maximum atomic E-state index is 5.46. The quantitative estimate of drug-likeness (QED) is 0.893. The van der Waals surface area contributed by atoms with Crippen molar-refractivity contribution in [2.45, 2.75) is 32.2 Å². The highest BCUT2D eigenvalue weighted by atomic mass is 79.9. The van der Waals surface area contributed by atoms with Gasteiger partial charge in [0, 0.05) is 29.4 Å². The second-order valence-electron chi connectivity index (χ2n) is 4.37. The highest BCUT2D eigenvalue weighted by Crippen LogP contribution is 2.25. The van der Waals surface area contributed by atoms with E-state index in [9.17, 15) is 0 Å². The lowest BCUT2D eigenvalue weighted by Gasteiger charge is -2.18. The fourth-order valence-electron chi connectivity index (χ4n) is 2.02. The number of benzene rings is 1. The number of aryl methyl sites for hydroxylation is 1. The number of ether oxygens (including phenoxy) is 1. The molecule has 1 unspecified atom stereocenters. The first kappa shape index (κ1) is 11.9. The van der Waals surface area contributed by atoms with Crippen LogP contribution < -0.4 is 5.32 Å². The molecule has 1 saturated heterocycles. The Kier molecular flexibility index (Phi) is 4.24. The van der Waals surface area contributed by atoms with Gasteiger partial charge in [0.05, 0.1) is 0 Å². The summed E-state index contributed by atoms with van der Waals surface area (Å²) in [6.07, 6.45) is 3.45. The molecule has 0 amide bonds. The Hall–Kier alpha value is -0.540. The van der Waals surface area contributed by atoms with Gasteiger partial charge < -0.3 is 10.1 Å². The lowest BCUT2D eigenvalue weighted by atomic mass is 10.1. The molecular weight excluding hydrogens is 266 g/mol. The summed E-state index contributed by atoms with van der Waals surface area (Å²) in [4.78, 5) is 0. The van der Waals surface area contributed by atoms with Crippen LogP contribution in [0.5, 0.6) is 0 Å². The summed E-state index contributed by atoms with van der Waals surface area (Å²) in [5.74, 6) is 0. The lowest BCUT2D eigenvalue weighted by Crippen LogP contribution is -2.19. The van der Waals surface area contributed by atoms with Crippen LogP contribution in [-0.2, 0) is 4.74 Å². The Morgan fingerprint density at radius 2 is 2.19 bits per heavy atom. The standard InChI is InChI=1S/C13H18BrNO/c1-10-4-5-12(14)13(9-10)15-11-3-2-7-16-8-6-11/h4-5,9,11,15H,2-3,6-8H2,1H3. The van der Waals surface area contributed by atoms with Crippen molar-refractivity contribution in [1.29, 1.82) is 0 Å². The summed E-state index contributed by atoms with van der Waals surface area (Å²) in [6.45, 7) is 3.90. The van der Waals surface area contributed by atoms with Crippen LogP contribution in [0.25, 0.3) is 0 Å². The van der Waals surface area contributed by atoms with Gasteiger partial charge in [-0.3, -0.25) is 0 Å². The third-order valence-electron chi connectivity index (χ3n) is 2.93. The number of halogens is 1. The van der Waals surface area contributed by atoms with Gasteiger partial charge in [0.1, 0.15) is 0 Å². The lowest BCUT2D eigenvalue weighted by molar-refractivity contribution is 0.144. The first-order valence-electron chi connectivity index (χ1n) is 5.86. The Bertz CT molecular complexity index is 346. The molecule has 1 atom stereocenters. The first-order chi connectivity index (χ1) is 7.75. The largest absolute Gasteiger partial charge is 0.381 e. The van der Waals surface area contributed by atoms with E-state index in [0.29, 0.717) is 6.04 Å². The van der Waals surface area contributed by atoms with Crippen LogP contribution in [0.4, 0.5) is 5.69 Å². The monoisotopic (exact) mass is 283 g/mol. The predicted molar refractivity (Wildman–Crippen MR) is 71.0 cm³/mol. The molecule has 3 heteroatoms. The molecule has 2 rings (SSSR count). The van der Waals surface area contributed by atoms with Crippen LogP contribution in [-0.4, -0.2) is 19.3 Å². The summed E-state index contributed by atoms with van der Waals surface area (Å²) in [5, 5.41) is 3.60. The molecule has 1 aromatic carbocycles. The summed E-state index contributed by atoms with van der Waals surface area (Å²) >= 11 is 3.58. The van der Waals surface area contributed by atoms with Crippen molar-refractivity contribution >= 4 is 21.6 Å². The van der Waals surface area contributed by atoms with Gasteiger partial charge in [0.25, 0.3) is 0 Å². The van der Waals surface area contributed by atoms with Crippen molar-refractivity contribution in [3.63, 3.8) is 0 Å². The normalized spacial score (nSPS) is 21.5. The summed E-state index contributed by atoms with van der Waals surface area (Å²) in [5.41, 5.74) is 2.49. The second kappa shape index (κ2) is 5.69. The maximum absolute atomic E-state index is 5.46. The zero-order chi connectivity index (χ0) is 11.4. The average Bonchev–Trinajstić information content (AvgIpc) is 2.52. The van der Waals surface area contributed by atoms with E-state index in [-0.39, 0.29) is 0 Å². The molecule has 1 fully saturated rings. The second-order valence-corrected chi connectivity index (χ2v) is 5.22. The fraction of sp³-hybridized carbons (Fsp3) is 0.538. The van der Waals surface area contributed by atoms with Crippen LogP contribution in [0.3, 0.4) is 0 Å². The number of rotatable bonds is 2. The highest BCUT2D eigenvalue weighted by molar-refractivity contribution is 9.10. The minimum Gasteiger partial charge on any atom is -0.381 e. The minimum atomic E-state index is 0.542. The molecule has 0 saturated carbocycles. The van der Waals surface area contributed by atoms with Crippen molar-refractivity contribution in [1.82, 2.24) is 0 Å². The summed E-state index contributed by atoms with van der Waals surface area (Å²) in [6, 6.07) is 6.95. The Morgan fingerprint density at radius 1 is 1.31 bits per heavy atom. The highest BCUT2D eigenvalue weighted by Gasteiger charge is 2.13. The average molecular weight is 284 g/mol. The van der Waals surface area contributed by atoms with Crippen LogP contribution >= 0.6 is 15.9 Å². The zero-order valence-corrected chi connectivity index (χ0v) is 11.2. The molecule has 0 aromatic heterocycles. The van der Waals surface area contributed by atoms with Crippen LogP contribution in [0.2, 0.25) is 0 Å². The Morgan fingerprint density at radius 3 is 3.06 bits per heavy atom. The maximum Gasteiger partial charge on any atom is 0.0489 e. The zero-order valence-electron chi connectivity index (χ0n) is 9.63. The minimum absolute atomic E-state index is 0.542. The molecule has 1 heterocycles. The van der Waals surface area contributed by atoms with E-state index < -0.39 is 0 Å². The number of anilines is 1. The number of hydrogen-bond acceptors (Lipinski definition) is 2. The summed E-state index contributed by atoms with van der Waals surface area (Å²) < 4.78 is 6.61. The van der Waals surface area contributed by atoms with Gasteiger partial charge in [0.15, 0.2) is 0 Å². The van der Waals surface area contributed by atoms with Gasteiger partial charge in [-0.15, -0.1) is 0 Å². The molecule has 2 nitrogen and oxygen atoms in total. The van der Waals surface area contributed by atoms with Gasteiger partial charge in [-0.05, 0) is 59.8 Å². The van der Waals surface area contributed by atoms with E-state index in [1.54, 1.807) is 0 Å². The molecule has 1 aliphatic heterocycles. The molecule has 0 bridgehead atoms. The van der Waals surface area contributed by atoms with Crippen molar-refractivity contribution in [2.24, 2.45) is 0 Å². The SMILES string of the molecule is Cc1ccc(Br)c(NC2CCCOCC2)c1. The van der Waals surface area contributed by atoms with Gasteiger partial charge >= 0.3 is 0 Å². The predicted octanol–water partition coefficient (Wildman–Crippen LogP) is 3.74. The topological polar surface area (TPSA) is 21.3 Å². The molecule has 88 valence electrons. The molecular formula is C13H18BrNO. The molecule has 16 heavy (non-hydrogen) atoms. The molecule has 1 aliphatic rings. The first-order valence-corrected chi connectivity index (χ1v) is 6.65. The molecule has 0 radical (unpaired) electrons. The van der Waals surface area contributed by atoms with E-state index in [1.165, 1.54) is 17.7 Å². The van der Waals surface area contributed by atoms with Gasteiger partial charge in [-0.1, -0.05) is 6.07 Å². The Balaban J connectivity index is 2.04. The van der Waals surface area contributed by atoms with E-state index >= 15 is 0 Å². The van der Waals surface area contributed by atoms with E-state index in [4.69, 9.17) is 4.74 Å². The number of hydrogen-bond donors (Lipinski definition) is 1. The van der Waals surface area contributed by atoms with Gasteiger partial charge in [-0.25, -0.2) is 0 Å². The van der Waals surface area contributed by atoms with Crippen molar-refractivity contribution in [3.8, 4) is 0 Å². The summed E-state index contributed by atoms with van der Waals surface area (Å²) in [7, 11) is 0. The molecule has 1 aromatic rings. The molecule has 1 N–H and O–H groups in total. The molecule has 0 aliphatic carbocycles. The number of nitrogens with one attached hydrogen (secondary N) is 1. The van der Waals surface area contributed by atoms with Crippen LogP contribution in [0.1, 0.15) is 24.8 Å². The van der Waals surface area contributed by atoms with Crippen molar-refractivity contribution < 1.29 is 4.74 Å².